The second-order valence-corrected chi connectivity index (χ2v) is 7.87. The molecular formula is C21H33N3O. The third-order valence-electron chi connectivity index (χ3n) is 5.67. The number of rotatable bonds is 7. The molecule has 4 nitrogen and oxygen atoms in total. The van der Waals surface area contributed by atoms with Crippen LogP contribution in [0.1, 0.15) is 51.0 Å². The number of nitrogens with zero attached hydrogens (tertiary/aromatic N) is 1. The molecule has 3 rings (SSSR count). The van der Waals surface area contributed by atoms with Crippen molar-refractivity contribution < 1.29 is 4.79 Å². The topological polar surface area (TPSA) is 44.4 Å². The maximum atomic E-state index is 12.1. The lowest BCUT2D eigenvalue weighted by molar-refractivity contribution is -0.121. The molecule has 0 bridgehead atoms. The van der Waals surface area contributed by atoms with Gasteiger partial charge in [-0.25, -0.2) is 0 Å². The molecule has 2 N–H and O–H groups in total. The molecule has 0 radical (unpaired) electrons. The van der Waals surface area contributed by atoms with E-state index in [2.05, 4.69) is 52.8 Å². The molecule has 4 heteroatoms. The number of amides is 1. The fourth-order valence-electron chi connectivity index (χ4n) is 4.22. The van der Waals surface area contributed by atoms with Crippen molar-refractivity contribution in [3.05, 3.63) is 35.9 Å². The summed E-state index contributed by atoms with van der Waals surface area (Å²) >= 11 is 0. The summed E-state index contributed by atoms with van der Waals surface area (Å²) < 4.78 is 0. The first-order valence-electron chi connectivity index (χ1n) is 10.00. The minimum absolute atomic E-state index is 0.214. The summed E-state index contributed by atoms with van der Waals surface area (Å²) in [6.07, 6.45) is 6.77. The van der Waals surface area contributed by atoms with E-state index in [1.165, 1.54) is 24.8 Å². The van der Waals surface area contributed by atoms with Crippen molar-refractivity contribution in [2.45, 2.75) is 64.1 Å². The van der Waals surface area contributed by atoms with E-state index in [1.807, 2.05) is 0 Å². The van der Waals surface area contributed by atoms with Gasteiger partial charge in [-0.15, -0.1) is 0 Å². The Morgan fingerprint density at radius 1 is 1.12 bits per heavy atom. The lowest BCUT2D eigenvalue weighted by Gasteiger charge is -2.23. The fraction of sp³-hybridized carbons (Fsp3) is 0.667. The number of benzene rings is 1. The Hall–Kier alpha value is -1.39. The highest BCUT2D eigenvalue weighted by molar-refractivity contribution is 5.76. The second kappa shape index (κ2) is 9.35. The molecule has 1 saturated carbocycles. The van der Waals surface area contributed by atoms with Crippen LogP contribution in [0.25, 0.3) is 0 Å². The summed E-state index contributed by atoms with van der Waals surface area (Å²) in [5.74, 6) is 0.844. The molecule has 2 atom stereocenters. The molecule has 1 aliphatic heterocycles. The number of carbonyl (C=O) groups is 1. The van der Waals surface area contributed by atoms with Gasteiger partial charge >= 0.3 is 0 Å². The fourth-order valence-corrected chi connectivity index (χ4v) is 4.22. The Morgan fingerprint density at radius 3 is 2.64 bits per heavy atom. The van der Waals surface area contributed by atoms with E-state index in [-0.39, 0.29) is 5.91 Å². The maximum Gasteiger partial charge on any atom is 0.221 e. The number of likely N-dealkylation sites (tertiary alicyclic amines) is 1. The summed E-state index contributed by atoms with van der Waals surface area (Å²) in [4.78, 5) is 14.6. The molecule has 1 aromatic rings. The Morgan fingerprint density at radius 2 is 1.88 bits per heavy atom. The van der Waals surface area contributed by atoms with Crippen LogP contribution in [0.3, 0.4) is 0 Å². The zero-order chi connectivity index (χ0) is 17.5. The second-order valence-electron chi connectivity index (χ2n) is 7.87. The van der Waals surface area contributed by atoms with Crippen LogP contribution in [0.4, 0.5) is 0 Å². The molecule has 138 valence electrons. The van der Waals surface area contributed by atoms with Gasteiger partial charge in [0.1, 0.15) is 0 Å². The quantitative estimate of drug-likeness (QED) is 0.800. The number of carbonyl (C=O) groups excluding carboxylic acids is 1. The minimum Gasteiger partial charge on any atom is -0.353 e. The van der Waals surface area contributed by atoms with Crippen molar-refractivity contribution in [3.8, 4) is 0 Å². The number of nitrogens with one attached hydrogen (secondary N) is 2. The van der Waals surface area contributed by atoms with Crippen LogP contribution in [0, 0.1) is 5.92 Å². The van der Waals surface area contributed by atoms with E-state index in [1.54, 1.807) is 0 Å². The Kier molecular flexibility index (Phi) is 6.88. The van der Waals surface area contributed by atoms with Crippen LogP contribution in [-0.2, 0) is 11.3 Å². The average molecular weight is 344 g/mol. The van der Waals surface area contributed by atoms with E-state index >= 15 is 0 Å². The third-order valence-corrected chi connectivity index (χ3v) is 5.67. The summed E-state index contributed by atoms with van der Waals surface area (Å²) in [5, 5.41) is 6.82. The molecule has 2 aliphatic rings. The summed E-state index contributed by atoms with van der Waals surface area (Å²) in [5.41, 5.74) is 1.38. The van der Waals surface area contributed by atoms with Crippen LogP contribution in [0.15, 0.2) is 30.3 Å². The molecule has 1 aliphatic carbocycles. The van der Waals surface area contributed by atoms with Crippen molar-refractivity contribution in [1.82, 2.24) is 15.5 Å². The molecule has 1 aromatic carbocycles. The van der Waals surface area contributed by atoms with E-state index < -0.39 is 0 Å². The van der Waals surface area contributed by atoms with Gasteiger partial charge in [0.2, 0.25) is 5.91 Å². The lowest BCUT2D eigenvalue weighted by atomic mass is 9.95. The minimum atomic E-state index is 0.214. The molecule has 2 fully saturated rings. The van der Waals surface area contributed by atoms with E-state index in [4.69, 9.17) is 0 Å². The SMILES string of the molecule is CC1CN(Cc2ccccc2)CC1NCCC(=O)NC1CCCCC1. The summed E-state index contributed by atoms with van der Waals surface area (Å²) in [6, 6.07) is 11.6. The Balaban J connectivity index is 1.34. The summed E-state index contributed by atoms with van der Waals surface area (Å²) in [6.45, 7) is 6.31. The standard InChI is InChI=1S/C21H33N3O/c1-17-14-24(15-18-8-4-2-5-9-18)16-20(17)22-13-12-21(25)23-19-10-6-3-7-11-19/h2,4-5,8-9,17,19-20,22H,3,6-7,10-16H2,1H3,(H,23,25). The largest absolute Gasteiger partial charge is 0.353 e. The maximum absolute atomic E-state index is 12.1. The van der Waals surface area contributed by atoms with Gasteiger partial charge in [0.15, 0.2) is 0 Å². The van der Waals surface area contributed by atoms with Crippen LogP contribution in [0.2, 0.25) is 0 Å². The van der Waals surface area contributed by atoms with E-state index in [9.17, 15) is 4.79 Å². The Bertz CT molecular complexity index is 527. The highest BCUT2D eigenvalue weighted by Crippen LogP contribution is 2.19. The zero-order valence-electron chi connectivity index (χ0n) is 15.5. The van der Waals surface area contributed by atoms with Crippen LogP contribution < -0.4 is 10.6 Å². The molecule has 0 aromatic heterocycles. The number of hydrogen-bond donors (Lipinski definition) is 2. The van der Waals surface area contributed by atoms with Gasteiger partial charge in [0.25, 0.3) is 0 Å². The lowest BCUT2D eigenvalue weighted by Crippen LogP contribution is -2.40. The van der Waals surface area contributed by atoms with E-state index in [0.717, 1.165) is 39.0 Å². The molecule has 0 spiro atoms. The van der Waals surface area contributed by atoms with Crippen LogP contribution >= 0.6 is 0 Å². The van der Waals surface area contributed by atoms with Crippen molar-refractivity contribution in [1.29, 1.82) is 0 Å². The van der Waals surface area contributed by atoms with Crippen molar-refractivity contribution >= 4 is 5.91 Å². The number of hydrogen-bond acceptors (Lipinski definition) is 3. The highest BCUT2D eigenvalue weighted by atomic mass is 16.1. The van der Waals surface area contributed by atoms with Gasteiger partial charge in [-0.3, -0.25) is 9.69 Å². The van der Waals surface area contributed by atoms with Crippen molar-refractivity contribution in [2.75, 3.05) is 19.6 Å². The normalized spacial score (nSPS) is 25.2. The van der Waals surface area contributed by atoms with Gasteiger partial charge in [0.05, 0.1) is 0 Å². The Labute approximate surface area is 152 Å². The van der Waals surface area contributed by atoms with Crippen LogP contribution in [-0.4, -0.2) is 42.5 Å². The molecule has 1 saturated heterocycles. The van der Waals surface area contributed by atoms with Gasteiger partial charge in [-0.2, -0.15) is 0 Å². The highest BCUT2D eigenvalue weighted by Gasteiger charge is 2.29. The monoisotopic (exact) mass is 343 g/mol. The predicted molar refractivity (Wildman–Crippen MR) is 102 cm³/mol. The van der Waals surface area contributed by atoms with Gasteiger partial charge in [-0.1, -0.05) is 56.5 Å². The first kappa shape index (κ1) is 18.4. The van der Waals surface area contributed by atoms with Gasteiger partial charge in [-0.05, 0) is 24.3 Å². The first-order valence-corrected chi connectivity index (χ1v) is 10.00. The van der Waals surface area contributed by atoms with Gasteiger partial charge in [0, 0.05) is 44.7 Å². The summed E-state index contributed by atoms with van der Waals surface area (Å²) in [7, 11) is 0. The van der Waals surface area contributed by atoms with Gasteiger partial charge < -0.3 is 10.6 Å². The molecular weight excluding hydrogens is 310 g/mol. The molecule has 1 amide bonds. The first-order chi connectivity index (χ1) is 12.2. The predicted octanol–water partition coefficient (Wildman–Crippen LogP) is 2.94. The molecule has 2 unspecified atom stereocenters. The molecule has 1 heterocycles. The average Bonchev–Trinajstić information content (AvgIpc) is 2.96. The third kappa shape index (κ3) is 5.82. The van der Waals surface area contributed by atoms with Crippen molar-refractivity contribution in [2.24, 2.45) is 5.92 Å². The van der Waals surface area contributed by atoms with Crippen LogP contribution in [0.5, 0.6) is 0 Å². The van der Waals surface area contributed by atoms with E-state index in [0.29, 0.717) is 24.4 Å². The van der Waals surface area contributed by atoms with Crippen molar-refractivity contribution in [3.63, 3.8) is 0 Å². The molecule has 25 heavy (non-hydrogen) atoms. The smallest absolute Gasteiger partial charge is 0.221 e. The zero-order valence-corrected chi connectivity index (χ0v) is 15.5.